The van der Waals surface area contributed by atoms with Gasteiger partial charge in [-0.05, 0) is 19.4 Å². The van der Waals surface area contributed by atoms with E-state index in [4.69, 9.17) is 5.11 Å². The summed E-state index contributed by atoms with van der Waals surface area (Å²) in [5.41, 5.74) is 1.90. The number of carbonyl (C=O) groups is 3. The van der Waals surface area contributed by atoms with Crippen LogP contribution in [0.25, 0.3) is 0 Å². The van der Waals surface area contributed by atoms with E-state index in [1.165, 1.54) is 11.8 Å². The summed E-state index contributed by atoms with van der Waals surface area (Å²) < 4.78 is 0. The Morgan fingerprint density at radius 1 is 1.23 bits per heavy atom. The number of aryl methyl sites for hydroxylation is 1. The number of aliphatic carboxylic acids is 1. The van der Waals surface area contributed by atoms with Gasteiger partial charge in [0, 0.05) is 13.5 Å². The van der Waals surface area contributed by atoms with Gasteiger partial charge in [-0.2, -0.15) is 0 Å². The summed E-state index contributed by atoms with van der Waals surface area (Å²) in [6.07, 6.45) is 0.0315. The summed E-state index contributed by atoms with van der Waals surface area (Å²) in [5.74, 6) is -1.59. The van der Waals surface area contributed by atoms with Gasteiger partial charge in [-0.15, -0.1) is 0 Å². The number of nitrogens with zero attached hydrogens (tertiary/aromatic N) is 1. The van der Waals surface area contributed by atoms with Crippen molar-refractivity contribution in [2.24, 2.45) is 0 Å². The lowest BCUT2D eigenvalue weighted by Gasteiger charge is -2.23. The molecule has 0 heterocycles. The van der Waals surface area contributed by atoms with Crippen molar-refractivity contribution in [2.75, 3.05) is 13.1 Å². The van der Waals surface area contributed by atoms with Crippen LogP contribution in [-0.4, -0.2) is 40.9 Å². The highest BCUT2D eigenvalue weighted by molar-refractivity contribution is 5.82. The molecule has 6 heteroatoms. The molecule has 0 spiro atoms. The second-order valence-corrected chi connectivity index (χ2v) is 5.17. The van der Waals surface area contributed by atoms with Crippen LogP contribution in [0.3, 0.4) is 0 Å². The van der Waals surface area contributed by atoms with E-state index in [0.29, 0.717) is 6.54 Å². The highest BCUT2D eigenvalue weighted by Gasteiger charge is 2.21. The van der Waals surface area contributed by atoms with E-state index >= 15 is 0 Å². The molecule has 0 fully saturated rings. The number of carboxylic acids is 1. The molecule has 1 aromatic carbocycles. The number of hydrogen-bond acceptors (Lipinski definition) is 3. The molecule has 0 aromatic heterocycles. The van der Waals surface area contributed by atoms with Crippen LogP contribution in [0.15, 0.2) is 24.3 Å². The van der Waals surface area contributed by atoms with Crippen molar-refractivity contribution in [3.63, 3.8) is 0 Å². The summed E-state index contributed by atoms with van der Waals surface area (Å²) in [7, 11) is 0. The molecule has 0 aliphatic rings. The van der Waals surface area contributed by atoms with Gasteiger partial charge in [0.1, 0.15) is 6.54 Å². The molecule has 2 N–H and O–H groups in total. The molecule has 0 aliphatic heterocycles. The monoisotopic (exact) mass is 306 g/mol. The molecule has 0 radical (unpaired) electrons. The van der Waals surface area contributed by atoms with Gasteiger partial charge in [-0.25, -0.2) is 0 Å². The smallest absolute Gasteiger partial charge is 0.323 e. The minimum Gasteiger partial charge on any atom is -0.480 e. The van der Waals surface area contributed by atoms with Crippen LogP contribution in [0.1, 0.15) is 37.4 Å². The largest absolute Gasteiger partial charge is 0.480 e. The first-order chi connectivity index (χ1) is 10.3. The van der Waals surface area contributed by atoms with E-state index in [1.807, 2.05) is 31.2 Å². The Labute approximate surface area is 130 Å². The Hall–Kier alpha value is -2.37. The van der Waals surface area contributed by atoms with Gasteiger partial charge in [-0.1, -0.05) is 29.8 Å². The third kappa shape index (κ3) is 5.55. The SMILES string of the molecule is CCN(CC(=O)O)C(=O)CC(NC(C)=O)c1ccc(C)cc1. The molecule has 120 valence electrons. The maximum atomic E-state index is 12.3. The van der Waals surface area contributed by atoms with Crippen LogP contribution in [0.2, 0.25) is 0 Å². The molecule has 0 saturated carbocycles. The van der Waals surface area contributed by atoms with Crippen LogP contribution in [0.5, 0.6) is 0 Å². The number of carbonyl (C=O) groups excluding carboxylic acids is 2. The van der Waals surface area contributed by atoms with Crippen molar-refractivity contribution in [1.29, 1.82) is 0 Å². The molecular weight excluding hydrogens is 284 g/mol. The van der Waals surface area contributed by atoms with Crippen LogP contribution in [-0.2, 0) is 14.4 Å². The minimum atomic E-state index is -1.05. The number of likely N-dealkylation sites (N-methyl/N-ethyl adjacent to an activating group) is 1. The average molecular weight is 306 g/mol. The quantitative estimate of drug-likeness (QED) is 0.799. The number of hydrogen-bond donors (Lipinski definition) is 2. The summed E-state index contributed by atoms with van der Waals surface area (Å²) in [5, 5.41) is 11.6. The van der Waals surface area contributed by atoms with Crippen LogP contribution >= 0.6 is 0 Å². The summed E-state index contributed by atoms with van der Waals surface area (Å²) >= 11 is 0. The van der Waals surface area contributed by atoms with E-state index in [2.05, 4.69) is 5.32 Å². The Morgan fingerprint density at radius 3 is 2.27 bits per heavy atom. The predicted octanol–water partition coefficient (Wildman–Crippen LogP) is 1.50. The lowest BCUT2D eigenvalue weighted by atomic mass is 10.0. The van der Waals surface area contributed by atoms with Crippen LogP contribution in [0, 0.1) is 6.92 Å². The lowest BCUT2D eigenvalue weighted by Crippen LogP contribution is -2.38. The molecule has 1 rings (SSSR count). The van der Waals surface area contributed by atoms with Crippen molar-refractivity contribution >= 4 is 17.8 Å². The fourth-order valence-electron chi connectivity index (χ4n) is 2.14. The molecule has 0 bridgehead atoms. The first-order valence-corrected chi connectivity index (χ1v) is 7.16. The van der Waals surface area contributed by atoms with Crippen molar-refractivity contribution < 1.29 is 19.5 Å². The molecule has 1 aromatic rings. The lowest BCUT2D eigenvalue weighted by molar-refractivity contribution is -0.144. The van der Waals surface area contributed by atoms with Crippen LogP contribution in [0.4, 0.5) is 0 Å². The van der Waals surface area contributed by atoms with Gasteiger partial charge in [0.05, 0.1) is 12.5 Å². The van der Waals surface area contributed by atoms with Crippen molar-refractivity contribution in [3.05, 3.63) is 35.4 Å². The van der Waals surface area contributed by atoms with E-state index in [0.717, 1.165) is 11.1 Å². The first-order valence-electron chi connectivity index (χ1n) is 7.16. The first kappa shape index (κ1) is 17.7. The zero-order chi connectivity index (χ0) is 16.7. The molecule has 6 nitrogen and oxygen atoms in total. The standard InChI is InChI=1S/C16H22N2O4/c1-4-18(10-16(21)22)15(20)9-14(17-12(3)19)13-7-5-11(2)6-8-13/h5-8,14H,4,9-10H2,1-3H3,(H,17,19)(H,21,22). The average Bonchev–Trinajstić information content (AvgIpc) is 2.44. The third-order valence-electron chi connectivity index (χ3n) is 3.30. The fourth-order valence-corrected chi connectivity index (χ4v) is 2.14. The summed E-state index contributed by atoms with van der Waals surface area (Å²) in [4.78, 5) is 35.7. The maximum absolute atomic E-state index is 12.3. The molecular formula is C16H22N2O4. The van der Waals surface area contributed by atoms with Gasteiger partial charge in [0.25, 0.3) is 0 Å². The van der Waals surface area contributed by atoms with Gasteiger partial charge in [-0.3, -0.25) is 14.4 Å². The number of carboxylic acid groups (broad SMARTS) is 1. The molecule has 1 atom stereocenters. The molecule has 0 saturated heterocycles. The highest BCUT2D eigenvalue weighted by Crippen LogP contribution is 2.19. The highest BCUT2D eigenvalue weighted by atomic mass is 16.4. The number of benzene rings is 1. The van der Waals surface area contributed by atoms with Crippen molar-refractivity contribution in [1.82, 2.24) is 10.2 Å². The van der Waals surface area contributed by atoms with Gasteiger partial charge < -0.3 is 15.3 Å². The predicted molar refractivity (Wildman–Crippen MR) is 82.2 cm³/mol. The Morgan fingerprint density at radius 2 is 1.82 bits per heavy atom. The minimum absolute atomic E-state index is 0.0315. The summed E-state index contributed by atoms with van der Waals surface area (Å²) in [6.45, 7) is 5.04. The third-order valence-corrected chi connectivity index (χ3v) is 3.30. The van der Waals surface area contributed by atoms with E-state index in [1.54, 1.807) is 6.92 Å². The van der Waals surface area contributed by atoms with Crippen molar-refractivity contribution in [3.8, 4) is 0 Å². The molecule has 22 heavy (non-hydrogen) atoms. The maximum Gasteiger partial charge on any atom is 0.323 e. The zero-order valence-corrected chi connectivity index (χ0v) is 13.1. The van der Waals surface area contributed by atoms with Gasteiger partial charge in [0.15, 0.2) is 0 Å². The number of rotatable bonds is 7. The zero-order valence-electron chi connectivity index (χ0n) is 13.1. The molecule has 0 aliphatic carbocycles. The van der Waals surface area contributed by atoms with E-state index < -0.39 is 12.0 Å². The van der Waals surface area contributed by atoms with Gasteiger partial charge >= 0.3 is 5.97 Å². The van der Waals surface area contributed by atoms with Gasteiger partial charge in [0.2, 0.25) is 11.8 Å². The Bertz CT molecular complexity index is 540. The van der Waals surface area contributed by atoms with E-state index in [9.17, 15) is 14.4 Å². The Kier molecular flexibility index (Phi) is 6.56. The van der Waals surface area contributed by atoms with Crippen LogP contribution < -0.4 is 5.32 Å². The second kappa shape index (κ2) is 8.17. The van der Waals surface area contributed by atoms with Crippen molar-refractivity contribution in [2.45, 2.75) is 33.2 Å². The topological polar surface area (TPSA) is 86.7 Å². The normalized spacial score (nSPS) is 11.6. The summed E-state index contributed by atoms with van der Waals surface area (Å²) in [6, 6.07) is 7.06. The second-order valence-electron chi connectivity index (χ2n) is 5.17. The molecule has 2 amide bonds. The van der Waals surface area contributed by atoms with E-state index in [-0.39, 0.29) is 24.8 Å². The molecule has 1 unspecified atom stereocenters. The number of nitrogens with one attached hydrogen (secondary N) is 1. The number of amides is 2. The Balaban J connectivity index is 2.88. The fraction of sp³-hybridized carbons (Fsp3) is 0.438.